The van der Waals surface area contributed by atoms with Crippen LogP contribution in [0.4, 0.5) is 10.2 Å². The van der Waals surface area contributed by atoms with Gasteiger partial charge in [0.25, 0.3) is 0 Å². The number of carboxylic acids is 4. The number of nitrogens with zero attached hydrogens (tertiary/aromatic N) is 2. The molecule has 0 bridgehead atoms. The number of alkyl halides is 1. The van der Waals surface area contributed by atoms with Crippen LogP contribution >= 0.6 is 0 Å². The highest BCUT2D eigenvalue weighted by atomic mass is 19.1. The Morgan fingerprint density at radius 2 is 1.86 bits per heavy atom. The Morgan fingerprint density at radius 1 is 1.10 bits per heavy atom. The quantitative estimate of drug-likeness (QED) is 0.159. The van der Waals surface area contributed by atoms with Crippen LogP contribution in [-0.2, 0) is 36.8 Å². The van der Waals surface area contributed by atoms with Gasteiger partial charge in [-0.05, 0) is 61.4 Å². The van der Waals surface area contributed by atoms with Crippen LogP contribution in [0.3, 0.4) is 0 Å². The molecule has 49 heavy (non-hydrogen) atoms. The minimum absolute atomic E-state index is 0.00216. The van der Waals surface area contributed by atoms with Gasteiger partial charge in [-0.15, -0.1) is 0 Å². The molecule has 2 aromatic rings. The number of nitrogens with one attached hydrogen (secondary N) is 1. The molecule has 4 heterocycles. The Labute approximate surface area is 282 Å². The Bertz CT molecular complexity index is 1470. The third-order valence-corrected chi connectivity index (χ3v) is 8.87. The molecular weight excluding hydrogens is 645 g/mol. The van der Waals surface area contributed by atoms with E-state index in [4.69, 9.17) is 34.9 Å². The van der Waals surface area contributed by atoms with Crippen molar-refractivity contribution in [2.45, 2.75) is 81.1 Å². The molecule has 3 atom stereocenters. The van der Waals surface area contributed by atoms with E-state index >= 15 is 4.39 Å². The number of aryl methyl sites for hydroxylation is 2. The van der Waals surface area contributed by atoms with Gasteiger partial charge in [-0.25, -0.2) is 14.2 Å². The van der Waals surface area contributed by atoms with Crippen molar-refractivity contribution in [1.82, 2.24) is 9.88 Å². The van der Waals surface area contributed by atoms with E-state index in [0.29, 0.717) is 52.1 Å². The number of fused-ring (bicyclic) bond motifs is 1. The summed E-state index contributed by atoms with van der Waals surface area (Å²) in [6, 6.07) is 11.8. The summed E-state index contributed by atoms with van der Waals surface area (Å²) >= 11 is 0. The van der Waals surface area contributed by atoms with Gasteiger partial charge in [0.2, 0.25) is 0 Å². The third-order valence-electron chi connectivity index (χ3n) is 8.87. The van der Waals surface area contributed by atoms with Crippen molar-refractivity contribution >= 4 is 29.7 Å². The highest BCUT2D eigenvalue weighted by Crippen LogP contribution is 2.34. The summed E-state index contributed by atoms with van der Waals surface area (Å²) < 4.78 is 27.2. The average Bonchev–Trinajstić information content (AvgIpc) is 3.68. The zero-order valence-electron chi connectivity index (χ0n) is 27.2. The molecule has 1 aromatic heterocycles. The van der Waals surface area contributed by atoms with E-state index in [2.05, 4.69) is 16.3 Å². The number of hydrogen-bond acceptors (Lipinski definition) is 10. The highest BCUT2D eigenvalue weighted by molar-refractivity contribution is 5.88. The first-order chi connectivity index (χ1) is 23.2. The topological polar surface area (TPSA) is 216 Å². The largest absolute Gasteiger partial charge is 0.488 e. The lowest BCUT2D eigenvalue weighted by Crippen LogP contribution is -2.42. The predicted octanol–water partition coefficient (Wildman–Crippen LogP) is 2.96. The second-order valence-electron chi connectivity index (χ2n) is 12.9. The molecule has 0 saturated carbocycles. The molecule has 6 N–H and O–H groups in total. The monoisotopic (exact) mass is 689 g/mol. The van der Waals surface area contributed by atoms with Crippen LogP contribution in [0.15, 0.2) is 36.4 Å². The summed E-state index contributed by atoms with van der Waals surface area (Å²) in [6.45, 7) is 3.67. The van der Waals surface area contributed by atoms with Gasteiger partial charge in [0.15, 0.2) is 5.60 Å². The minimum atomic E-state index is -2.74. The van der Waals surface area contributed by atoms with E-state index in [1.54, 1.807) is 0 Å². The van der Waals surface area contributed by atoms with Crippen LogP contribution < -0.4 is 10.1 Å². The number of carboxylic acid groups (broad SMARTS) is 4. The van der Waals surface area contributed by atoms with Gasteiger partial charge >= 0.3 is 23.9 Å². The molecule has 15 heteroatoms. The lowest BCUT2D eigenvalue weighted by atomic mass is 9.94. The normalized spacial score (nSPS) is 21.1. The van der Waals surface area contributed by atoms with Crippen molar-refractivity contribution in [2.24, 2.45) is 0 Å². The van der Waals surface area contributed by atoms with Crippen LogP contribution in [-0.4, -0.2) is 116 Å². The van der Waals surface area contributed by atoms with Gasteiger partial charge in [0.1, 0.15) is 23.3 Å². The number of carbonyl (C=O) groups is 4. The van der Waals surface area contributed by atoms with E-state index < -0.39 is 48.0 Å². The van der Waals surface area contributed by atoms with Gasteiger partial charge in [-0.3, -0.25) is 19.3 Å². The van der Waals surface area contributed by atoms with Crippen molar-refractivity contribution in [3.8, 4) is 5.75 Å². The van der Waals surface area contributed by atoms with Gasteiger partial charge in [-0.2, -0.15) is 0 Å². The summed E-state index contributed by atoms with van der Waals surface area (Å²) in [5.74, 6) is -4.43. The molecule has 268 valence electrons. The maximum atomic E-state index is 15.8. The van der Waals surface area contributed by atoms with Gasteiger partial charge < -0.3 is 40.3 Å². The van der Waals surface area contributed by atoms with Gasteiger partial charge in [0.05, 0.1) is 32.5 Å². The zero-order chi connectivity index (χ0) is 35.6. The molecule has 0 aliphatic carbocycles. The summed E-state index contributed by atoms with van der Waals surface area (Å²) in [5, 5.41) is 46.7. The fourth-order valence-corrected chi connectivity index (χ4v) is 6.30. The Hall–Kier alpha value is -4.34. The van der Waals surface area contributed by atoms with E-state index in [1.807, 2.05) is 30.3 Å². The molecule has 3 aliphatic rings. The van der Waals surface area contributed by atoms with E-state index in [1.165, 1.54) is 5.56 Å². The molecule has 0 radical (unpaired) electrons. The average molecular weight is 690 g/mol. The molecule has 14 nitrogen and oxygen atoms in total. The van der Waals surface area contributed by atoms with Crippen LogP contribution in [0.25, 0.3) is 0 Å². The van der Waals surface area contributed by atoms with E-state index in [9.17, 15) is 24.3 Å². The first-order valence-corrected chi connectivity index (χ1v) is 16.3. The van der Waals surface area contributed by atoms with Crippen LogP contribution in [0, 0.1) is 0 Å². The van der Waals surface area contributed by atoms with Gasteiger partial charge in [-0.1, -0.05) is 18.2 Å². The first-order valence-electron chi connectivity index (χ1n) is 16.3. The smallest absolute Gasteiger partial charge is 0.336 e. The third kappa shape index (κ3) is 11.4. The van der Waals surface area contributed by atoms with Crippen molar-refractivity contribution in [3.05, 3.63) is 53.2 Å². The van der Waals surface area contributed by atoms with E-state index in [0.717, 1.165) is 48.6 Å². The molecule has 2 saturated heterocycles. The number of aromatic nitrogens is 1. The first kappa shape index (κ1) is 37.5. The Morgan fingerprint density at radius 3 is 2.51 bits per heavy atom. The van der Waals surface area contributed by atoms with Crippen molar-refractivity contribution in [2.75, 3.05) is 44.7 Å². The molecule has 2 fully saturated rings. The summed E-state index contributed by atoms with van der Waals surface area (Å²) in [6.07, 6.45) is 2.23. The maximum absolute atomic E-state index is 15.8. The lowest BCUT2D eigenvalue weighted by molar-refractivity contribution is -0.170. The molecule has 5 rings (SSSR count). The lowest BCUT2D eigenvalue weighted by Gasteiger charge is -2.25. The Kier molecular flexibility index (Phi) is 12.9. The zero-order valence-corrected chi connectivity index (χ0v) is 27.2. The fraction of sp³-hybridized carbons (Fsp3) is 0.559. The summed E-state index contributed by atoms with van der Waals surface area (Å²) in [7, 11) is 0. The van der Waals surface area contributed by atoms with E-state index in [-0.39, 0.29) is 18.4 Å². The molecule has 0 amide bonds. The van der Waals surface area contributed by atoms with Crippen molar-refractivity contribution in [3.63, 3.8) is 0 Å². The van der Waals surface area contributed by atoms with Crippen molar-refractivity contribution < 1.29 is 58.6 Å². The fourth-order valence-electron chi connectivity index (χ4n) is 6.30. The van der Waals surface area contributed by atoms with Gasteiger partial charge in [0, 0.05) is 44.2 Å². The maximum Gasteiger partial charge on any atom is 0.336 e. The molecular formula is C34H44FN3O11. The van der Waals surface area contributed by atoms with Crippen molar-refractivity contribution in [1.29, 1.82) is 0 Å². The summed E-state index contributed by atoms with van der Waals surface area (Å²) in [5.41, 5.74) is -0.950. The second kappa shape index (κ2) is 16.9. The number of likely N-dealkylation sites (tertiary alicyclic amines) is 1. The molecule has 1 aromatic carbocycles. The number of benzene rings is 1. The van der Waals surface area contributed by atoms with Crippen LogP contribution in [0.1, 0.15) is 67.7 Å². The molecule has 1 unspecified atom stereocenters. The minimum Gasteiger partial charge on any atom is -0.488 e. The number of aliphatic carboxylic acids is 4. The number of aliphatic hydroxyl groups is 1. The number of halogens is 1. The number of pyridine rings is 1. The number of ether oxygens (including phenoxy) is 2. The second-order valence-corrected chi connectivity index (χ2v) is 12.9. The standard InChI is InChI=1S/C28H36FN3O4.C6H8O7/c29-28(10-8-23-7-6-20-4-2-12-30-27(20)31-23)11-13-32(19-28)17-22(16-26(33)34)21-3-1-5-24(15-21)36-25-9-14-35-18-25;7-3(8)1-6(13,5(11)12)2-4(9)10/h1,3,5-7,15,22,25H,2,4,8-14,16-19H2,(H,30,31)(H,33,34);13H,1-2H2,(H,7,8)(H,9,10)(H,11,12)/t22?,25-,28-;/m0./s1. The number of anilines is 1. The molecule has 3 aliphatic heterocycles. The van der Waals surface area contributed by atoms with Crippen LogP contribution in [0.2, 0.25) is 0 Å². The number of hydrogen-bond donors (Lipinski definition) is 6. The Balaban J connectivity index is 0.000000355. The summed E-state index contributed by atoms with van der Waals surface area (Å²) in [4.78, 5) is 48.9. The highest BCUT2D eigenvalue weighted by Gasteiger charge is 2.41. The van der Waals surface area contributed by atoms with Crippen LogP contribution in [0.5, 0.6) is 5.75 Å². The SMILES string of the molecule is O=C(O)CC(CN1CC[C@@](F)(CCc2ccc3c(n2)NCCC3)C1)c1cccc(O[C@H]2CCOC2)c1.O=C(O)CC(O)(CC(=O)O)C(=O)O. The molecule has 0 spiro atoms. The predicted molar refractivity (Wildman–Crippen MR) is 173 cm³/mol. The number of rotatable bonds is 15.